The molecule has 1 unspecified atom stereocenters. The number of hydrogen-bond donors (Lipinski definition) is 3. The lowest BCUT2D eigenvalue weighted by Gasteiger charge is -2.13. The molecule has 0 aliphatic heterocycles. The number of ether oxygens (including phenoxy) is 1. The fourth-order valence-electron chi connectivity index (χ4n) is 1.33. The summed E-state index contributed by atoms with van der Waals surface area (Å²) in [4.78, 5) is 11.2. The molecule has 0 aromatic rings. The number of methoxy groups -OCH3 is 1. The standard InChI is InChI=1S/C11H24N2O3/c1-9(2)6-10(14)7-12-8-11(15)13-4-5-16-3/h9-10,12,14H,4-8H2,1-3H3,(H,13,15). The predicted octanol–water partition coefficient (Wildman–Crippen LogP) is -0.254. The van der Waals surface area contributed by atoms with Crippen molar-refractivity contribution in [1.29, 1.82) is 0 Å². The molecule has 3 N–H and O–H groups in total. The van der Waals surface area contributed by atoms with E-state index in [1.807, 2.05) is 0 Å². The first-order chi connectivity index (χ1) is 7.56. The Hall–Kier alpha value is -0.650. The van der Waals surface area contributed by atoms with Gasteiger partial charge in [-0.15, -0.1) is 0 Å². The van der Waals surface area contributed by atoms with Crippen LogP contribution in [0.15, 0.2) is 0 Å². The highest BCUT2D eigenvalue weighted by Gasteiger charge is 2.07. The van der Waals surface area contributed by atoms with Crippen LogP contribution in [0.25, 0.3) is 0 Å². The van der Waals surface area contributed by atoms with Crippen molar-refractivity contribution >= 4 is 5.91 Å². The molecule has 1 amide bonds. The van der Waals surface area contributed by atoms with Crippen LogP contribution in [-0.2, 0) is 9.53 Å². The van der Waals surface area contributed by atoms with Crippen LogP contribution in [0.4, 0.5) is 0 Å². The Balaban J connectivity index is 3.39. The van der Waals surface area contributed by atoms with Crippen LogP contribution >= 0.6 is 0 Å². The van der Waals surface area contributed by atoms with E-state index in [9.17, 15) is 9.90 Å². The molecule has 0 heterocycles. The van der Waals surface area contributed by atoms with E-state index in [2.05, 4.69) is 24.5 Å². The van der Waals surface area contributed by atoms with E-state index in [0.717, 1.165) is 6.42 Å². The molecule has 5 nitrogen and oxygen atoms in total. The molecule has 5 heteroatoms. The van der Waals surface area contributed by atoms with E-state index in [-0.39, 0.29) is 18.6 Å². The minimum atomic E-state index is -0.383. The Morgan fingerprint density at radius 3 is 2.69 bits per heavy atom. The molecule has 1 atom stereocenters. The average Bonchev–Trinajstić information content (AvgIpc) is 2.17. The summed E-state index contributed by atoms with van der Waals surface area (Å²) in [6.45, 7) is 5.84. The third-order valence-corrected chi connectivity index (χ3v) is 2.04. The van der Waals surface area contributed by atoms with Crippen molar-refractivity contribution in [2.75, 3.05) is 33.4 Å². The quantitative estimate of drug-likeness (QED) is 0.479. The van der Waals surface area contributed by atoms with Crippen molar-refractivity contribution < 1.29 is 14.6 Å². The second-order valence-electron chi connectivity index (χ2n) is 4.26. The molecule has 0 rings (SSSR count). The average molecular weight is 232 g/mol. The SMILES string of the molecule is COCCNC(=O)CNCC(O)CC(C)C. The van der Waals surface area contributed by atoms with Crippen LogP contribution in [0.1, 0.15) is 20.3 Å². The molecule has 0 saturated heterocycles. The molecule has 0 aliphatic rings. The van der Waals surface area contributed by atoms with Crippen molar-refractivity contribution in [1.82, 2.24) is 10.6 Å². The minimum absolute atomic E-state index is 0.0752. The lowest BCUT2D eigenvalue weighted by molar-refractivity contribution is -0.120. The minimum Gasteiger partial charge on any atom is -0.392 e. The van der Waals surface area contributed by atoms with Gasteiger partial charge in [0, 0.05) is 20.2 Å². The summed E-state index contributed by atoms with van der Waals surface area (Å²) in [5.41, 5.74) is 0. The van der Waals surface area contributed by atoms with Gasteiger partial charge in [0.15, 0.2) is 0 Å². The molecule has 0 saturated carbocycles. The van der Waals surface area contributed by atoms with Crippen LogP contribution in [0.2, 0.25) is 0 Å². The number of carbonyl (C=O) groups is 1. The third-order valence-electron chi connectivity index (χ3n) is 2.04. The van der Waals surface area contributed by atoms with Gasteiger partial charge in [-0.3, -0.25) is 4.79 Å². The lowest BCUT2D eigenvalue weighted by Crippen LogP contribution is -2.38. The van der Waals surface area contributed by atoms with Gasteiger partial charge < -0.3 is 20.5 Å². The van der Waals surface area contributed by atoms with Gasteiger partial charge >= 0.3 is 0 Å². The molecule has 0 radical (unpaired) electrons. The fourth-order valence-corrected chi connectivity index (χ4v) is 1.33. The van der Waals surface area contributed by atoms with E-state index < -0.39 is 0 Å². The number of rotatable bonds is 9. The first-order valence-corrected chi connectivity index (χ1v) is 5.70. The maximum absolute atomic E-state index is 11.2. The second kappa shape index (κ2) is 9.57. The van der Waals surface area contributed by atoms with Crippen molar-refractivity contribution in [2.24, 2.45) is 5.92 Å². The molecular weight excluding hydrogens is 208 g/mol. The van der Waals surface area contributed by atoms with Crippen LogP contribution in [0.5, 0.6) is 0 Å². The highest BCUT2D eigenvalue weighted by atomic mass is 16.5. The van der Waals surface area contributed by atoms with Gasteiger partial charge in [-0.05, 0) is 12.3 Å². The molecule has 0 fully saturated rings. The summed E-state index contributed by atoms with van der Waals surface area (Å²) in [5.74, 6) is 0.390. The third kappa shape index (κ3) is 9.89. The van der Waals surface area contributed by atoms with E-state index >= 15 is 0 Å². The molecule has 0 aromatic heterocycles. The first-order valence-electron chi connectivity index (χ1n) is 5.70. The molecule has 16 heavy (non-hydrogen) atoms. The zero-order valence-electron chi connectivity index (χ0n) is 10.5. The van der Waals surface area contributed by atoms with Gasteiger partial charge in [0.25, 0.3) is 0 Å². The molecule has 0 spiro atoms. The lowest BCUT2D eigenvalue weighted by atomic mass is 10.1. The van der Waals surface area contributed by atoms with Crippen LogP contribution in [0, 0.1) is 5.92 Å². The van der Waals surface area contributed by atoms with Gasteiger partial charge in [-0.1, -0.05) is 13.8 Å². The van der Waals surface area contributed by atoms with Crippen LogP contribution in [-0.4, -0.2) is 50.5 Å². The second-order valence-corrected chi connectivity index (χ2v) is 4.26. The Bertz CT molecular complexity index is 186. The van der Waals surface area contributed by atoms with Crippen molar-refractivity contribution in [2.45, 2.75) is 26.4 Å². The number of aliphatic hydroxyl groups excluding tert-OH is 1. The van der Waals surface area contributed by atoms with Gasteiger partial charge in [0.1, 0.15) is 0 Å². The number of amides is 1. The summed E-state index contributed by atoms with van der Waals surface area (Å²) < 4.78 is 4.80. The fraction of sp³-hybridized carbons (Fsp3) is 0.909. The van der Waals surface area contributed by atoms with Crippen molar-refractivity contribution in [3.8, 4) is 0 Å². The molecule has 96 valence electrons. The van der Waals surface area contributed by atoms with E-state index in [0.29, 0.717) is 25.6 Å². The highest BCUT2D eigenvalue weighted by molar-refractivity contribution is 5.77. The number of aliphatic hydroxyl groups is 1. The largest absolute Gasteiger partial charge is 0.392 e. The zero-order valence-corrected chi connectivity index (χ0v) is 10.5. The predicted molar refractivity (Wildman–Crippen MR) is 63.2 cm³/mol. The maximum Gasteiger partial charge on any atom is 0.234 e. The maximum atomic E-state index is 11.2. The molecule has 0 aliphatic carbocycles. The Morgan fingerprint density at radius 1 is 1.44 bits per heavy atom. The van der Waals surface area contributed by atoms with Gasteiger partial charge in [0.2, 0.25) is 5.91 Å². The summed E-state index contributed by atoms with van der Waals surface area (Å²) in [5, 5.41) is 15.1. The smallest absolute Gasteiger partial charge is 0.234 e. The number of nitrogens with one attached hydrogen (secondary N) is 2. The van der Waals surface area contributed by atoms with E-state index in [1.54, 1.807) is 7.11 Å². The summed E-state index contributed by atoms with van der Waals surface area (Å²) in [6.07, 6.45) is 0.366. The van der Waals surface area contributed by atoms with Gasteiger partial charge in [-0.25, -0.2) is 0 Å². The number of hydrogen-bond acceptors (Lipinski definition) is 4. The topological polar surface area (TPSA) is 70.6 Å². The first kappa shape index (κ1) is 15.3. The van der Waals surface area contributed by atoms with E-state index in [4.69, 9.17) is 4.74 Å². The van der Waals surface area contributed by atoms with Crippen LogP contribution in [0.3, 0.4) is 0 Å². The Kier molecular flexibility index (Phi) is 9.18. The van der Waals surface area contributed by atoms with E-state index in [1.165, 1.54) is 0 Å². The Labute approximate surface area is 97.6 Å². The molecular formula is C11H24N2O3. The summed E-state index contributed by atoms with van der Waals surface area (Å²) >= 11 is 0. The monoisotopic (exact) mass is 232 g/mol. The Morgan fingerprint density at radius 2 is 2.12 bits per heavy atom. The summed E-state index contributed by atoms with van der Waals surface area (Å²) in [7, 11) is 1.59. The zero-order chi connectivity index (χ0) is 12.4. The summed E-state index contributed by atoms with van der Waals surface area (Å²) in [6, 6.07) is 0. The normalized spacial score (nSPS) is 12.8. The molecule has 0 aromatic carbocycles. The van der Waals surface area contributed by atoms with Crippen molar-refractivity contribution in [3.63, 3.8) is 0 Å². The number of carbonyl (C=O) groups excluding carboxylic acids is 1. The molecule has 0 bridgehead atoms. The van der Waals surface area contributed by atoms with Gasteiger partial charge in [-0.2, -0.15) is 0 Å². The highest BCUT2D eigenvalue weighted by Crippen LogP contribution is 2.02. The van der Waals surface area contributed by atoms with Crippen molar-refractivity contribution in [3.05, 3.63) is 0 Å². The van der Waals surface area contributed by atoms with Gasteiger partial charge in [0.05, 0.1) is 19.3 Å². The van der Waals surface area contributed by atoms with Crippen LogP contribution < -0.4 is 10.6 Å².